The van der Waals surface area contributed by atoms with Crippen LogP contribution in [0.1, 0.15) is 22.5 Å². The molecule has 1 amide bonds. The summed E-state index contributed by atoms with van der Waals surface area (Å²) in [5, 5.41) is 2.20. The van der Waals surface area contributed by atoms with Crippen LogP contribution in [0.2, 0.25) is 0 Å². The van der Waals surface area contributed by atoms with Gasteiger partial charge in [-0.05, 0) is 36.4 Å². The molecule has 2 fully saturated rings. The molecule has 0 radical (unpaired) electrons. The van der Waals surface area contributed by atoms with Crippen molar-refractivity contribution in [3.05, 3.63) is 53.8 Å². The standard InChI is InChI=1S/C21H19N5OS/c27-21(18-9-13-3-1-2-4-17(13)28-18)26-14-5-6-15(26)11-25(10-14)20-16-7-8-22-19(16)23-12-24-20/h1-4,7-9,12,14-15H,5-6,10-11H2,(H,22,23,24). The highest BCUT2D eigenvalue weighted by Crippen LogP contribution is 2.36. The molecule has 140 valence electrons. The summed E-state index contributed by atoms with van der Waals surface area (Å²) in [6.45, 7) is 1.65. The molecule has 0 saturated carbocycles. The molecule has 28 heavy (non-hydrogen) atoms. The number of amides is 1. The number of fused-ring (bicyclic) bond motifs is 4. The molecule has 0 spiro atoms. The Bertz CT molecular complexity index is 1150. The van der Waals surface area contributed by atoms with Gasteiger partial charge in [0.2, 0.25) is 0 Å². The molecule has 6 rings (SSSR count). The maximum absolute atomic E-state index is 13.3. The van der Waals surface area contributed by atoms with E-state index in [9.17, 15) is 4.79 Å². The van der Waals surface area contributed by atoms with Crippen LogP contribution in [0.15, 0.2) is 48.9 Å². The smallest absolute Gasteiger partial charge is 0.264 e. The summed E-state index contributed by atoms with van der Waals surface area (Å²) < 4.78 is 1.17. The largest absolute Gasteiger partial charge is 0.352 e. The number of nitrogens with one attached hydrogen (secondary N) is 1. The first-order valence-corrected chi connectivity index (χ1v) is 10.4. The number of hydrogen-bond donors (Lipinski definition) is 1. The third-order valence-electron chi connectivity index (χ3n) is 5.99. The molecule has 1 aromatic carbocycles. The summed E-state index contributed by atoms with van der Waals surface area (Å²) in [4.78, 5) is 30.6. The van der Waals surface area contributed by atoms with Crippen molar-refractivity contribution in [2.24, 2.45) is 0 Å². The normalized spacial score (nSPS) is 21.7. The van der Waals surface area contributed by atoms with Crippen molar-refractivity contribution in [3.63, 3.8) is 0 Å². The second kappa shape index (κ2) is 6.04. The molecule has 6 nitrogen and oxygen atoms in total. The first kappa shape index (κ1) is 16.1. The number of carbonyl (C=O) groups excluding carboxylic acids is 1. The van der Waals surface area contributed by atoms with Crippen LogP contribution in [-0.2, 0) is 0 Å². The first-order chi connectivity index (χ1) is 13.8. The fourth-order valence-corrected chi connectivity index (χ4v) is 5.74. The molecule has 5 heterocycles. The Kier molecular flexibility index (Phi) is 3.46. The summed E-state index contributed by atoms with van der Waals surface area (Å²) in [6.07, 6.45) is 5.63. The molecule has 2 bridgehead atoms. The molecule has 2 aliphatic rings. The van der Waals surface area contributed by atoms with E-state index < -0.39 is 0 Å². The monoisotopic (exact) mass is 389 g/mol. The van der Waals surface area contributed by atoms with Crippen molar-refractivity contribution < 1.29 is 4.79 Å². The van der Waals surface area contributed by atoms with Crippen LogP contribution in [0.5, 0.6) is 0 Å². The van der Waals surface area contributed by atoms with Gasteiger partial charge >= 0.3 is 0 Å². The van der Waals surface area contributed by atoms with E-state index in [1.54, 1.807) is 17.7 Å². The van der Waals surface area contributed by atoms with Crippen LogP contribution in [0.3, 0.4) is 0 Å². The van der Waals surface area contributed by atoms with E-state index in [4.69, 9.17) is 0 Å². The van der Waals surface area contributed by atoms with E-state index >= 15 is 0 Å². The van der Waals surface area contributed by atoms with Crippen LogP contribution >= 0.6 is 11.3 Å². The Morgan fingerprint density at radius 2 is 1.93 bits per heavy atom. The molecule has 2 atom stereocenters. The summed E-state index contributed by atoms with van der Waals surface area (Å²) >= 11 is 1.60. The van der Waals surface area contributed by atoms with Crippen molar-refractivity contribution in [1.29, 1.82) is 0 Å². The zero-order valence-corrected chi connectivity index (χ0v) is 16.0. The van der Waals surface area contributed by atoms with Crippen LogP contribution in [0, 0.1) is 0 Å². The maximum Gasteiger partial charge on any atom is 0.264 e. The Balaban J connectivity index is 1.30. The highest BCUT2D eigenvalue weighted by Gasteiger charge is 2.43. The number of hydrogen-bond acceptors (Lipinski definition) is 5. The van der Waals surface area contributed by atoms with Crippen LogP contribution < -0.4 is 4.90 Å². The van der Waals surface area contributed by atoms with E-state index in [-0.39, 0.29) is 18.0 Å². The summed E-state index contributed by atoms with van der Waals surface area (Å²) in [5.41, 5.74) is 0.862. The molecular weight excluding hydrogens is 370 g/mol. The topological polar surface area (TPSA) is 65.1 Å². The van der Waals surface area contributed by atoms with E-state index in [1.165, 1.54) is 4.70 Å². The third-order valence-corrected chi connectivity index (χ3v) is 7.09. The number of aromatic amines is 1. The summed E-state index contributed by atoms with van der Waals surface area (Å²) in [7, 11) is 0. The highest BCUT2D eigenvalue weighted by atomic mass is 32.1. The lowest BCUT2D eigenvalue weighted by Gasteiger charge is -2.41. The fraction of sp³-hybridized carbons (Fsp3) is 0.286. The zero-order valence-electron chi connectivity index (χ0n) is 15.2. The SMILES string of the molecule is O=C(c1cc2ccccc2s1)N1C2CCC1CN(c1ncnc3[nH]ccc13)C2. The van der Waals surface area contributed by atoms with Gasteiger partial charge in [-0.15, -0.1) is 11.3 Å². The predicted octanol–water partition coefficient (Wildman–Crippen LogP) is 3.67. The maximum atomic E-state index is 13.3. The van der Waals surface area contributed by atoms with Gasteiger partial charge in [0.15, 0.2) is 0 Å². The Hall–Kier alpha value is -2.93. The molecule has 0 aliphatic carbocycles. The number of carbonyl (C=O) groups is 1. The molecule has 3 aromatic heterocycles. The number of H-pyrrole nitrogens is 1. The second-order valence-electron chi connectivity index (χ2n) is 7.59. The molecule has 2 unspecified atom stereocenters. The third kappa shape index (κ3) is 2.36. The van der Waals surface area contributed by atoms with Crippen LogP contribution in [0.4, 0.5) is 5.82 Å². The molecular formula is C21H19N5OS. The lowest BCUT2D eigenvalue weighted by molar-refractivity contribution is 0.0646. The minimum absolute atomic E-state index is 0.183. The molecule has 2 aliphatic heterocycles. The fourth-order valence-electron chi connectivity index (χ4n) is 4.73. The van der Waals surface area contributed by atoms with Gasteiger partial charge < -0.3 is 14.8 Å². The summed E-state index contributed by atoms with van der Waals surface area (Å²) in [5.74, 6) is 1.15. The van der Waals surface area contributed by atoms with Crippen LogP contribution in [0.25, 0.3) is 21.1 Å². The van der Waals surface area contributed by atoms with Gasteiger partial charge in [-0.2, -0.15) is 0 Å². The lowest BCUT2D eigenvalue weighted by Crippen LogP contribution is -2.56. The highest BCUT2D eigenvalue weighted by molar-refractivity contribution is 7.20. The minimum atomic E-state index is 0.183. The second-order valence-corrected chi connectivity index (χ2v) is 8.67. The van der Waals surface area contributed by atoms with Gasteiger partial charge in [0.05, 0.1) is 22.3 Å². The van der Waals surface area contributed by atoms with E-state index in [0.717, 1.165) is 53.0 Å². The van der Waals surface area contributed by atoms with Crippen molar-refractivity contribution >= 4 is 44.2 Å². The molecule has 4 aromatic rings. The quantitative estimate of drug-likeness (QED) is 0.568. The Morgan fingerprint density at radius 3 is 2.75 bits per heavy atom. The average molecular weight is 389 g/mol. The Labute approximate surface area is 165 Å². The minimum Gasteiger partial charge on any atom is -0.352 e. The van der Waals surface area contributed by atoms with E-state index in [0.29, 0.717) is 0 Å². The van der Waals surface area contributed by atoms with Gasteiger partial charge in [-0.25, -0.2) is 9.97 Å². The number of aromatic nitrogens is 3. The van der Waals surface area contributed by atoms with Gasteiger partial charge in [-0.3, -0.25) is 4.79 Å². The molecule has 1 N–H and O–H groups in total. The Morgan fingerprint density at radius 1 is 1.11 bits per heavy atom. The lowest BCUT2D eigenvalue weighted by atomic mass is 10.1. The van der Waals surface area contributed by atoms with Gasteiger partial charge in [-0.1, -0.05) is 18.2 Å². The van der Waals surface area contributed by atoms with E-state index in [1.807, 2.05) is 30.5 Å². The van der Waals surface area contributed by atoms with Gasteiger partial charge in [0.1, 0.15) is 17.8 Å². The number of thiophene rings is 1. The van der Waals surface area contributed by atoms with Crippen molar-refractivity contribution in [2.45, 2.75) is 24.9 Å². The average Bonchev–Trinajstić information content (AvgIpc) is 3.42. The van der Waals surface area contributed by atoms with Crippen molar-refractivity contribution in [3.8, 4) is 0 Å². The van der Waals surface area contributed by atoms with Crippen molar-refractivity contribution in [1.82, 2.24) is 19.9 Å². The summed E-state index contributed by atoms with van der Waals surface area (Å²) in [6, 6.07) is 12.8. The van der Waals surface area contributed by atoms with Gasteiger partial charge in [0.25, 0.3) is 5.91 Å². The van der Waals surface area contributed by atoms with Crippen molar-refractivity contribution in [2.75, 3.05) is 18.0 Å². The number of rotatable bonds is 2. The van der Waals surface area contributed by atoms with Crippen LogP contribution in [-0.4, -0.2) is 50.9 Å². The molecule has 2 saturated heterocycles. The number of piperazine rings is 1. The van der Waals surface area contributed by atoms with E-state index in [2.05, 4.69) is 36.9 Å². The number of nitrogens with zero attached hydrogens (tertiary/aromatic N) is 4. The first-order valence-electron chi connectivity index (χ1n) is 9.62. The molecule has 7 heteroatoms. The van der Waals surface area contributed by atoms with Gasteiger partial charge in [0, 0.05) is 24.0 Å². The predicted molar refractivity (Wildman–Crippen MR) is 111 cm³/mol. The number of anilines is 1. The number of benzene rings is 1. The zero-order chi connectivity index (χ0) is 18.7.